The second-order valence-electron chi connectivity index (χ2n) is 4.53. The van der Waals surface area contributed by atoms with Crippen LogP contribution in [0.25, 0.3) is 0 Å². The zero-order chi connectivity index (χ0) is 18.0. The molecule has 2 amide bonds. The van der Waals surface area contributed by atoms with E-state index in [1.54, 1.807) is 0 Å². The molecule has 1 aromatic rings. The summed E-state index contributed by atoms with van der Waals surface area (Å²) in [6.07, 6.45) is -5.31. The molecule has 0 saturated heterocycles. The molecule has 1 rings (SSSR count). The largest absolute Gasteiger partial charge is 0.472 e. The van der Waals surface area contributed by atoms with Crippen molar-refractivity contribution in [1.82, 2.24) is 4.31 Å². The molecule has 23 heavy (non-hydrogen) atoms. The van der Waals surface area contributed by atoms with Gasteiger partial charge in [0.2, 0.25) is 0 Å². The third kappa shape index (κ3) is 4.31. The van der Waals surface area contributed by atoms with Gasteiger partial charge in [0.25, 0.3) is 15.9 Å². The summed E-state index contributed by atoms with van der Waals surface area (Å²) in [5.41, 5.74) is 0.443. The summed E-state index contributed by atoms with van der Waals surface area (Å²) in [6.45, 7) is 4.88. The molecule has 1 aromatic carbocycles. The maximum absolute atomic E-state index is 12.3. The van der Waals surface area contributed by atoms with E-state index in [2.05, 4.69) is 11.9 Å². The fourth-order valence-corrected chi connectivity index (χ4v) is 2.51. The predicted molar refractivity (Wildman–Crippen MR) is 75.9 cm³/mol. The molecule has 0 aromatic heterocycles. The Bertz CT molecular complexity index is 739. The van der Waals surface area contributed by atoms with Crippen molar-refractivity contribution in [2.75, 3.05) is 12.4 Å². The third-order valence-corrected chi connectivity index (χ3v) is 4.44. The number of halogens is 3. The summed E-state index contributed by atoms with van der Waals surface area (Å²) in [6, 6.07) is 4.31. The molecular formula is C13H13F3N2O4S. The van der Waals surface area contributed by atoms with Crippen LogP contribution in [0.3, 0.4) is 0 Å². The number of nitrogens with one attached hydrogen (secondary N) is 1. The molecule has 0 aliphatic carbocycles. The smallest absolute Gasteiger partial charge is 0.322 e. The van der Waals surface area contributed by atoms with Gasteiger partial charge in [0.15, 0.2) is 0 Å². The first-order valence-corrected chi connectivity index (χ1v) is 7.48. The molecule has 0 radical (unpaired) electrons. The maximum atomic E-state index is 12.3. The highest BCUT2D eigenvalue weighted by atomic mass is 32.2. The molecule has 0 heterocycles. The Kier molecular flexibility index (Phi) is 5.20. The van der Waals surface area contributed by atoms with Crippen LogP contribution in [0.2, 0.25) is 0 Å². The van der Waals surface area contributed by atoms with E-state index in [4.69, 9.17) is 0 Å². The van der Waals surface area contributed by atoms with Gasteiger partial charge in [-0.3, -0.25) is 9.59 Å². The first-order valence-electron chi connectivity index (χ1n) is 6.04. The van der Waals surface area contributed by atoms with Crippen molar-refractivity contribution in [3.05, 3.63) is 36.4 Å². The molecule has 0 bridgehead atoms. The normalized spacial score (nSPS) is 11.7. The molecule has 0 fully saturated rings. The lowest BCUT2D eigenvalue weighted by Crippen LogP contribution is -2.42. The maximum Gasteiger partial charge on any atom is 0.472 e. The third-order valence-electron chi connectivity index (χ3n) is 2.69. The van der Waals surface area contributed by atoms with E-state index >= 15 is 0 Å². The van der Waals surface area contributed by atoms with Gasteiger partial charge in [-0.15, -0.1) is 0 Å². The quantitative estimate of drug-likeness (QED) is 0.841. The van der Waals surface area contributed by atoms with E-state index in [-0.39, 0.29) is 15.6 Å². The Labute approximate surface area is 130 Å². The summed E-state index contributed by atoms with van der Waals surface area (Å²) >= 11 is 0. The molecule has 0 saturated carbocycles. The lowest BCUT2D eigenvalue weighted by molar-refractivity contribution is -0.179. The monoisotopic (exact) mass is 350 g/mol. The van der Waals surface area contributed by atoms with Gasteiger partial charge in [-0.05, 0) is 31.2 Å². The van der Waals surface area contributed by atoms with Gasteiger partial charge < -0.3 is 5.32 Å². The zero-order valence-electron chi connectivity index (χ0n) is 12.1. The van der Waals surface area contributed by atoms with Gasteiger partial charge in [0.1, 0.15) is 0 Å². The summed E-state index contributed by atoms with van der Waals surface area (Å²) in [5, 5.41) is 2.40. The zero-order valence-corrected chi connectivity index (χ0v) is 13.0. The number of alkyl halides is 3. The van der Waals surface area contributed by atoms with E-state index in [1.807, 2.05) is 0 Å². The van der Waals surface area contributed by atoms with E-state index in [0.717, 1.165) is 12.1 Å². The topological polar surface area (TPSA) is 83.6 Å². The summed E-state index contributed by atoms with van der Waals surface area (Å²) in [5.74, 6) is -3.00. The van der Waals surface area contributed by atoms with Gasteiger partial charge in [-0.2, -0.15) is 13.2 Å². The number of benzene rings is 1. The number of hydrogen-bond acceptors (Lipinski definition) is 4. The fourth-order valence-electron chi connectivity index (χ4n) is 1.39. The highest BCUT2D eigenvalue weighted by Crippen LogP contribution is 2.23. The van der Waals surface area contributed by atoms with Gasteiger partial charge in [-0.1, -0.05) is 6.58 Å². The van der Waals surface area contributed by atoms with Crippen LogP contribution in [0.1, 0.15) is 6.92 Å². The van der Waals surface area contributed by atoms with Crippen LogP contribution >= 0.6 is 0 Å². The van der Waals surface area contributed by atoms with Gasteiger partial charge in [-0.25, -0.2) is 12.7 Å². The molecule has 10 heteroatoms. The fraction of sp³-hybridized carbons (Fsp3) is 0.231. The second kappa shape index (κ2) is 6.41. The highest BCUT2D eigenvalue weighted by Gasteiger charge is 2.45. The Balaban J connectivity index is 3.05. The van der Waals surface area contributed by atoms with Crippen LogP contribution in [0.5, 0.6) is 0 Å². The highest BCUT2D eigenvalue weighted by molar-refractivity contribution is 7.89. The standard InChI is InChI=1S/C13H13F3N2O4S/c1-8(2)11(19)17-9-4-6-10(7-5-9)23(21,22)18(3)12(20)13(14,15)16/h4-7H,1H2,2-3H3,(H,17,19). The van der Waals surface area contributed by atoms with E-state index in [1.165, 1.54) is 19.1 Å². The number of anilines is 1. The lowest BCUT2D eigenvalue weighted by atomic mass is 10.3. The van der Waals surface area contributed by atoms with Crippen LogP contribution in [0, 0.1) is 0 Å². The van der Waals surface area contributed by atoms with Crippen LogP contribution in [-0.2, 0) is 19.6 Å². The molecule has 1 N–H and O–H groups in total. The number of carbonyl (C=O) groups is 2. The van der Waals surface area contributed by atoms with E-state index < -0.39 is 32.9 Å². The molecule has 126 valence electrons. The molecular weight excluding hydrogens is 337 g/mol. The first-order chi connectivity index (χ1) is 10.4. The van der Waals surface area contributed by atoms with Crippen molar-refractivity contribution in [3.63, 3.8) is 0 Å². The number of carbonyl (C=O) groups excluding carboxylic acids is 2. The Morgan fingerprint density at radius 2 is 1.65 bits per heavy atom. The van der Waals surface area contributed by atoms with Crippen molar-refractivity contribution >= 4 is 27.5 Å². The number of amides is 2. The van der Waals surface area contributed by atoms with Gasteiger partial charge in [0, 0.05) is 18.3 Å². The minimum Gasteiger partial charge on any atom is -0.322 e. The average Bonchev–Trinajstić information content (AvgIpc) is 2.45. The van der Waals surface area contributed by atoms with E-state index in [0.29, 0.717) is 7.05 Å². The van der Waals surface area contributed by atoms with Crippen LogP contribution < -0.4 is 5.32 Å². The molecule has 0 unspecified atom stereocenters. The molecule has 0 aliphatic heterocycles. The average molecular weight is 350 g/mol. The lowest BCUT2D eigenvalue weighted by Gasteiger charge is -2.19. The molecule has 6 nitrogen and oxygen atoms in total. The second-order valence-corrected chi connectivity index (χ2v) is 6.50. The number of sulfonamides is 1. The summed E-state index contributed by atoms with van der Waals surface area (Å²) in [7, 11) is -4.13. The predicted octanol–water partition coefficient (Wildman–Crippen LogP) is 1.91. The van der Waals surface area contributed by atoms with Crippen molar-refractivity contribution in [3.8, 4) is 0 Å². The summed E-state index contributed by atoms with van der Waals surface area (Å²) in [4.78, 5) is 21.9. The molecule has 0 aliphatic rings. The van der Waals surface area contributed by atoms with Crippen molar-refractivity contribution in [2.45, 2.75) is 18.0 Å². The SMILES string of the molecule is C=C(C)C(=O)Nc1ccc(S(=O)(=O)N(C)C(=O)C(F)(F)F)cc1. The van der Waals surface area contributed by atoms with E-state index in [9.17, 15) is 31.2 Å². The van der Waals surface area contributed by atoms with Crippen LogP contribution in [0.4, 0.5) is 18.9 Å². The Morgan fingerprint density at radius 3 is 2.04 bits per heavy atom. The number of hydrogen-bond donors (Lipinski definition) is 1. The number of nitrogens with zero attached hydrogens (tertiary/aromatic N) is 1. The van der Waals surface area contributed by atoms with Crippen LogP contribution in [-0.4, -0.2) is 37.8 Å². The first kappa shape index (κ1) is 18.7. The molecule has 0 atom stereocenters. The van der Waals surface area contributed by atoms with Crippen molar-refractivity contribution in [2.24, 2.45) is 0 Å². The minimum atomic E-state index is -5.31. The minimum absolute atomic E-state index is 0.220. The summed E-state index contributed by atoms with van der Waals surface area (Å²) < 4.78 is 60.5. The number of rotatable bonds is 4. The van der Waals surface area contributed by atoms with Crippen molar-refractivity contribution < 1.29 is 31.2 Å². The van der Waals surface area contributed by atoms with Gasteiger partial charge in [0.05, 0.1) is 4.90 Å². The van der Waals surface area contributed by atoms with Crippen LogP contribution in [0.15, 0.2) is 41.3 Å². The Hall–Kier alpha value is -2.36. The van der Waals surface area contributed by atoms with Crippen molar-refractivity contribution in [1.29, 1.82) is 0 Å². The Morgan fingerprint density at radius 1 is 1.17 bits per heavy atom. The molecule has 0 spiro atoms. The van der Waals surface area contributed by atoms with Gasteiger partial charge >= 0.3 is 12.1 Å².